The Morgan fingerprint density at radius 3 is 2.79 bits per heavy atom. The van der Waals surface area contributed by atoms with Crippen molar-refractivity contribution in [1.82, 2.24) is 0 Å². The Kier molecular flexibility index (Phi) is 5.45. The van der Waals surface area contributed by atoms with Crippen molar-refractivity contribution >= 4 is 33.3 Å². The molecule has 0 aromatic heterocycles. The summed E-state index contributed by atoms with van der Waals surface area (Å²) in [5.74, 6) is -0.880. The van der Waals surface area contributed by atoms with Crippen LogP contribution in [0.1, 0.15) is 18.9 Å². The minimum absolute atomic E-state index is 0.219. The number of aryl methyl sites for hydroxylation is 1. The number of carbonyl (C=O) groups is 2. The summed E-state index contributed by atoms with van der Waals surface area (Å²) in [6, 6.07) is 4.08. The van der Waals surface area contributed by atoms with Gasteiger partial charge in [-0.2, -0.15) is 0 Å². The van der Waals surface area contributed by atoms with Crippen molar-refractivity contribution in [2.45, 2.75) is 25.8 Å². The van der Waals surface area contributed by atoms with E-state index >= 15 is 0 Å². The molecule has 3 N–H and O–H groups in total. The second-order valence-corrected chi connectivity index (χ2v) is 7.34. The first-order valence-electron chi connectivity index (χ1n) is 7.54. The average Bonchev–Trinajstić information content (AvgIpc) is 2.58. The lowest BCUT2D eigenvalue weighted by molar-refractivity contribution is -0.142. The average molecular weight is 355 g/mol. The molecule has 0 aliphatic carbocycles. The van der Waals surface area contributed by atoms with Crippen molar-refractivity contribution in [3.05, 3.63) is 23.8 Å². The van der Waals surface area contributed by atoms with Crippen LogP contribution < -0.4 is 15.4 Å². The molecule has 0 fully saturated rings. The number of anilines is 2. The van der Waals surface area contributed by atoms with Gasteiger partial charge < -0.3 is 10.5 Å². The number of hydrogen-bond acceptors (Lipinski definition) is 6. The van der Waals surface area contributed by atoms with Gasteiger partial charge in [-0.25, -0.2) is 8.42 Å². The predicted octanol–water partition coefficient (Wildman–Crippen LogP) is 0.228. The Hall–Kier alpha value is -2.13. The molecule has 2 rings (SSSR count). The van der Waals surface area contributed by atoms with Gasteiger partial charge in [0, 0.05) is 11.4 Å². The van der Waals surface area contributed by atoms with Crippen molar-refractivity contribution in [1.29, 1.82) is 0 Å². The molecule has 1 aromatic carbocycles. The van der Waals surface area contributed by atoms with E-state index in [0.29, 0.717) is 24.2 Å². The van der Waals surface area contributed by atoms with Gasteiger partial charge >= 0.3 is 5.97 Å². The third-order valence-corrected chi connectivity index (χ3v) is 4.18. The molecule has 1 aliphatic rings. The topological polar surface area (TPSA) is 119 Å². The van der Waals surface area contributed by atoms with Crippen LogP contribution in [0.5, 0.6) is 0 Å². The van der Waals surface area contributed by atoms with Crippen LogP contribution in [0.25, 0.3) is 0 Å². The van der Waals surface area contributed by atoms with Gasteiger partial charge in [-0.1, -0.05) is 0 Å². The van der Waals surface area contributed by atoms with Crippen molar-refractivity contribution in [3.8, 4) is 0 Å². The first-order chi connectivity index (χ1) is 11.2. The second kappa shape index (κ2) is 7.18. The predicted molar refractivity (Wildman–Crippen MR) is 90.2 cm³/mol. The molecule has 24 heavy (non-hydrogen) atoms. The van der Waals surface area contributed by atoms with Gasteiger partial charge in [0.05, 0.1) is 18.9 Å². The molecule has 1 aromatic rings. The first kappa shape index (κ1) is 18.2. The summed E-state index contributed by atoms with van der Waals surface area (Å²) in [7, 11) is -3.40. The molecular formula is C15H21N3O5S. The van der Waals surface area contributed by atoms with Crippen molar-refractivity contribution in [3.63, 3.8) is 0 Å². The lowest BCUT2D eigenvalue weighted by Crippen LogP contribution is -2.45. The van der Waals surface area contributed by atoms with Crippen LogP contribution in [0.15, 0.2) is 18.2 Å². The fourth-order valence-corrected chi connectivity index (χ4v) is 3.13. The zero-order valence-electron chi connectivity index (χ0n) is 13.6. The van der Waals surface area contributed by atoms with Crippen LogP contribution in [0.2, 0.25) is 0 Å². The first-order valence-corrected chi connectivity index (χ1v) is 9.43. The van der Waals surface area contributed by atoms with Gasteiger partial charge in [0.25, 0.3) is 0 Å². The molecule has 1 aliphatic heterocycles. The van der Waals surface area contributed by atoms with Crippen LogP contribution in [0, 0.1) is 0 Å². The van der Waals surface area contributed by atoms with Gasteiger partial charge in [-0.3, -0.25) is 19.2 Å². The number of sulfonamides is 1. The SMILES string of the molecule is CCOC(=O)CN1C(=O)C(N)CCc2cc(NS(C)(=O)=O)ccc21. The molecule has 1 heterocycles. The van der Waals surface area contributed by atoms with Crippen LogP contribution in [0.3, 0.4) is 0 Å². The van der Waals surface area contributed by atoms with E-state index in [1.807, 2.05) is 0 Å². The molecule has 1 unspecified atom stereocenters. The number of hydrogen-bond donors (Lipinski definition) is 2. The zero-order valence-corrected chi connectivity index (χ0v) is 14.4. The normalized spacial score (nSPS) is 17.9. The maximum absolute atomic E-state index is 12.4. The van der Waals surface area contributed by atoms with E-state index in [1.54, 1.807) is 25.1 Å². The van der Waals surface area contributed by atoms with Crippen LogP contribution in [-0.2, 0) is 30.8 Å². The number of nitrogens with two attached hydrogens (primary N) is 1. The second-order valence-electron chi connectivity index (χ2n) is 5.59. The highest BCUT2D eigenvalue weighted by Gasteiger charge is 2.30. The van der Waals surface area contributed by atoms with Crippen LogP contribution in [0.4, 0.5) is 11.4 Å². The number of ether oxygens (including phenoxy) is 1. The Morgan fingerprint density at radius 2 is 2.17 bits per heavy atom. The molecule has 0 bridgehead atoms. The number of fused-ring (bicyclic) bond motifs is 1. The smallest absolute Gasteiger partial charge is 0.326 e. The van der Waals surface area contributed by atoms with Crippen molar-refractivity contribution in [2.24, 2.45) is 5.73 Å². The van der Waals surface area contributed by atoms with Gasteiger partial charge in [0.15, 0.2) is 0 Å². The maximum atomic E-state index is 12.4. The van der Waals surface area contributed by atoms with E-state index < -0.39 is 22.0 Å². The number of carbonyl (C=O) groups excluding carboxylic acids is 2. The Labute approximate surface area is 141 Å². The molecule has 0 radical (unpaired) electrons. The van der Waals surface area contributed by atoms with Gasteiger partial charge in [-0.15, -0.1) is 0 Å². The number of nitrogens with one attached hydrogen (secondary N) is 1. The standard InChI is InChI=1S/C15H21N3O5S/c1-3-23-14(19)9-18-13-7-5-11(17-24(2,21)22)8-10(13)4-6-12(16)15(18)20/h5,7-8,12,17H,3-4,6,9,16H2,1-2H3. The summed E-state index contributed by atoms with van der Waals surface area (Å²) in [5, 5.41) is 0. The Bertz CT molecular complexity index is 747. The molecule has 1 amide bonds. The lowest BCUT2D eigenvalue weighted by atomic mass is 10.1. The van der Waals surface area contributed by atoms with E-state index in [-0.39, 0.29) is 19.1 Å². The molecule has 8 nitrogen and oxygen atoms in total. The molecular weight excluding hydrogens is 334 g/mol. The van der Waals surface area contributed by atoms with Crippen molar-refractivity contribution < 1.29 is 22.7 Å². The highest BCUT2D eigenvalue weighted by Crippen LogP contribution is 2.29. The summed E-state index contributed by atoms with van der Waals surface area (Å²) in [4.78, 5) is 25.5. The molecule has 0 spiro atoms. The molecule has 9 heteroatoms. The monoisotopic (exact) mass is 355 g/mol. The minimum Gasteiger partial charge on any atom is -0.465 e. The number of benzene rings is 1. The molecule has 0 saturated carbocycles. The molecule has 1 atom stereocenters. The van der Waals surface area contributed by atoms with Gasteiger partial charge in [0.1, 0.15) is 6.54 Å². The number of nitrogens with zero attached hydrogens (tertiary/aromatic N) is 1. The number of rotatable bonds is 5. The van der Waals surface area contributed by atoms with E-state index in [1.165, 1.54) is 4.90 Å². The summed E-state index contributed by atoms with van der Waals surface area (Å²) < 4.78 is 30.0. The molecule has 132 valence electrons. The van der Waals surface area contributed by atoms with Crippen molar-refractivity contribution in [2.75, 3.05) is 29.0 Å². The summed E-state index contributed by atoms with van der Waals surface area (Å²) >= 11 is 0. The van der Waals surface area contributed by atoms with E-state index in [4.69, 9.17) is 10.5 Å². The fourth-order valence-electron chi connectivity index (χ4n) is 2.58. The summed E-state index contributed by atoms with van der Waals surface area (Å²) in [6.07, 6.45) is 1.97. The third kappa shape index (κ3) is 4.45. The van der Waals surface area contributed by atoms with E-state index in [2.05, 4.69) is 4.72 Å². The quantitative estimate of drug-likeness (QED) is 0.730. The highest BCUT2D eigenvalue weighted by atomic mass is 32.2. The van der Waals surface area contributed by atoms with Crippen LogP contribution >= 0.6 is 0 Å². The maximum Gasteiger partial charge on any atom is 0.326 e. The summed E-state index contributed by atoms with van der Waals surface area (Å²) in [5.41, 5.74) is 7.57. The number of esters is 1. The van der Waals surface area contributed by atoms with E-state index in [0.717, 1.165) is 11.8 Å². The molecule has 0 saturated heterocycles. The van der Waals surface area contributed by atoms with E-state index in [9.17, 15) is 18.0 Å². The fraction of sp³-hybridized carbons (Fsp3) is 0.467. The third-order valence-electron chi connectivity index (χ3n) is 3.57. The minimum atomic E-state index is -3.40. The van der Waals surface area contributed by atoms with Gasteiger partial charge in [-0.05, 0) is 43.5 Å². The largest absolute Gasteiger partial charge is 0.465 e. The Morgan fingerprint density at radius 1 is 1.46 bits per heavy atom. The number of amides is 1. The lowest BCUT2D eigenvalue weighted by Gasteiger charge is -2.24. The highest BCUT2D eigenvalue weighted by molar-refractivity contribution is 7.92. The summed E-state index contributed by atoms with van der Waals surface area (Å²) in [6.45, 7) is 1.67. The van der Waals surface area contributed by atoms with Crippen LogP contribution in [-0.4, -0.2) is 45.7 Å². The van der Waals surface area contributed by atoms with Gasteiger partial charge in [0.2, 0.25) is 15.9 Å². The Balaban J connectivity index is 2.38. The zero-order chi connectivity index (χ0) is 17.9.